The topological polar surface area (TPSA) is 97.0 Å². The maximum atomic E-state index is 13.0. The van der Waals surface area contributed by atoms with Crippen LogP contribution >= 0.6 is 0 Å². The molecule has 3 aromatic carbocycles. The van der Waals surface area contributed by atoms with Crippen LogP contribution in [0, 0.1) is 0 Å². The summed E-state index contributed by atoms with van der Waals surface area (Å²) in [5, 5.41) is 5.55. The molecule has 0 aromatic heterocycles. The molecule has 0 aliphatic carbocycles. The molecule has 2 aliphatic heterocycles. The van der Waals surface area contributed by atoms with Gasteiger partial charge in [0, 0.05) is 11.3 Å². The number of benzene rings is 3. The van der Waals surface area contributed by atoms with Crippen molar-refractivity contribution in [2.24, 2.45) is 0 Å². The maximum absolute atomic E-state index is 13.0. The molecule has 2 N–H and O–H groups in total. The minimum atomic E-state index is -0.344. The minimum absolute atomic E-state index is 0.0600. The zero-order valence-corrected chi connectivity index (χ0v) is 16.3. The van der Waals surface area contributed by atoms with E-state index in [1.807, 2.05) is 6.07 Å². The SMILES string of the molecule is O=C1CN(C(=O)c2ccc(NC(=O)c3cccc4c3OCO4)cc2)c2ccccc2N1. The van der Waals surface area contributed by atoms with Crippen LogP contribution in [0.25, 0.3) is 0 Å². The van der Waals surface area contributed by atoms with Crippen LogP contribution in [0.15, 0.2) is 66.7 Å². The first-order valence-corrected chi connectivity index (χ1v) is 9.61. The lowest BCUT2D eigenvalue weighted by molar-refractivity contribution is -0.115. The number of para-hydroxylation sites is 3. The second-order valence-electron chi connectivity index (χ2n) is 7.03. The molecule has 0 saturated heterocycles. The second-order valence-corrected chi connectivity index (χ2v) is 7.03. The number of hydrogen-bond acceptors (Lipinski definition) is 5. The lowest BCUT2D eigenvalue weighted by Crippen LogP contribution is -2.42. The Bertz CT molecular complexity index is 1210. The van der Waals surface area contributed by atoms with E-state index in [1.54, 1.807) is 60.7 Å². The summed E-state index contributed by atoms with van der Waals surface area (Å²) in [6.45, 7) is 0.0175. The summed E-state index contributed by atoms with van der Waals surface area (Å²) in [7, 11) is 0. The van der Waals surface area contributed by atoms with Gasteiger partial charge in [0.2, 0.25) is 12.7 Å². The fourth-order valence-corrected chi connectivity index (χ4v) is 3.57. The summed E-state index contributed by atoms with van der Waals surface area (Å²) in [6.07, 6.45) is 0. The third-order valence-electron chi connectivity index (χ3n) is 5.05. The minimum Gasteiger partial charge on any atom is -0.454 e. The smallest absolute Gasteiger partial charge is 0.259 e. The molecule has 154 valence electrons. The van der Waals surface area contributed by atoms with Gasteiger partial charge in [-0.15, -0.1) is 0 Å². The number of carbonyl (C=O) groups excluding carboxylic acids is 3. The number of rotatable bonds is 3. The summed E-state index contributed by atoms with van der Waals surface area (Å²) < 4.78 is 10.7. The van der Waals surface area contributed by atoms with Gasteiger partial charge >= 0.3 is 0 Å². The molecule has 2 aliphatic rings. The van der Waals surface area contributed by atoms with Gasteiger partial charge in [-0.05, 0) is 48.5 Å². The Morgan fingerprint density at radius 1 is 0.935 bits per heavy atom. The van der Waals surface area contributed by atoms with Crippen LogP contribution in [-0.2, 0) is 4.79 Å². The van der Waals surface area contributed by atoms with Crippen molar-refractivity contribution < 1.29 is 23.9 Å². The van der Waals surface area contributed by atoms with Gasteiger partial charge in [-0.3, -0.25) is 19.3 Å². The molecule has 0 saturated carbocycles. The fourth-order valence-electron chi connectivity index (χ4n) is 3.57. The van der Waals surface area contributed by atoms with E-state index in [0.29, 0.717) is 39.7 Å². The number of hydrogen-bond donors (Lipinski definition) is 2. The highest BCUT2D eigenvalue weighted by Gasteiger charge is 2.27. The molecule has 0 unspecified atom stereocenters. The van der Waals surface area contributed by atoms with Crippen molar-refractivity contribution in [2.75, 3.05) is 28.9 Å². The Labute approximate surface area is 177 Å². The molecule has 0 atom stereocenters. The quantitative estimate of drug-likeness (QED) is 0.684. The molecule has 0 spiro atoms. The van der Waals surface area contributed by atoms with Crippen molar-refractivity contribution in [1.82, 2.24) is 0 Å². The number of fused-ring (bicyclic) bond motifs is 2. The van der Waals surface area contributed by atoms with E-state index in [9.17, 15) is 14.4 Å². The molecular weight excluding hydrogens is 398 g/mol. The Kier molecular flexibility index (Phi) is 4.51. The van der Waals surface area contributed by atoms with Crippen molar-refractivity contribution in [3.05, 3.63) is 77.9 Å². The van der Waals surface area contributed by atoms with Gasteiger partial charge in [-0.1, -0.05) is 18.2 Å². The van der Waals surface area contributed by atoms with E-state index in [4.69, 9.17) is 9.47 Å². The van der Waals surface area contributed by atoms with E-state index in [2.05, 4.69) is 10.6 Å². The molecule has 8 nitrogen and oxygen atoms in total. The average Bonchev–Trinajstić information content (AvgIpc) is 3.27. The van der Waals surface area contributed by atoms with Gasteiger partial charge in [0.05, 0.1) is 16.9 Å². The number of ether oxygens (including phenoxy) is 2. The summed E-state index contributed by atoms with van der Waals surface area (Å²) in [5.41, 5.74) is 2.53. The van der Waals surface area contributed by atoms with Crippen LogP contribution in [0.3, 0.4) is 0 Å². The summed E-state index contributed by atoms with van der Waals surface area (Å²) in [6, 6.07) is 18.8. The largest absolute Gasteiger partial charge is 0.454 e. The molecule has 3 amide bonds. The lowest BCUT2D eigenvalue weighted by Gasteiger charge is -2.29. The average molecular weight is 415 g/mol. The molecule has 0 fully saturated rings. The van der Waals surface area contributed by atoms with Gasteiger partial charge in [0.1, 0.15) is 6.54 Å². The van der Waals surface area contributed by atoms with Crippen LogP contribution in [-0.4, -0.2) is 31.1 Å². The van der Waals surface area contributed by atoms with Crippen LogP contribution < -0.4 is 25.0 Å². The molecule has 0 bridgehead atoms. The van der Waals surface area contributed by atoms with Crippen LogP contribution in [0.4, 0.5) is 17.1 Å². The van der Waals surface area contributed by atoms with E-state index >= 15 is 0 Å². The molecular formula is C23H17N3O5. The van der Waals surface area contributed by atoms with Gasteiger partial charge in [-0.25, -0.2) is 0 Å². The van der Waals surface area contributed by atoms with Crippen molar-refractivity contribution in [2.45, 2.75) is 0 Å². The number of carbonyl (C=O) groups is 3. The zero-order valence-electron chi connectivity index (χ0n) is 16.3. The third-order valence-corrected chi connectivity index (χ3v) is 5.05. The number of nitrogens with one attached hydrogen (secondary N) is 2. The molecule has 3 aromatic rings. The normalized spacial score (nSPS) is 13.9. The predicted octanol–water partition coefficient (Wildman–Crippen LogP) is 3.27. The molecule has 8 heteroatoms. The van der Waals surface area contributed by atoms with Crippen LogP contribution in [0.5, 0.6) is 11.5 Å². The first kappa shape index (κ1) is 18.7. The monoisotopic (exact) mass is 415 g/mol. The van der Waals surface area contributed by atoms with Crippen LogP contribution in [0.1, 0.15) is 20.7 Å². The molecule has 5 rings (SSSR count). The highest BCUT2D eigenvalue weighted by molar-refractivity contribution is 6.15. The maximum Gasteiger partial charge on any atom is 0.259 e. The van der Waals surface area contributed by atoms with E-state index in [1.165, 1.54) is 4.90 Å². The van der Waals surface area contributed by atoms with Gasteiger partial charge < -0.3 is 20.1 Å². The summed E-state index contributed by atoms with van der Waals surface area (Å²) >= 11 is 0. The summed E-state index contributed by atoms with van der Waals surface area (Å²) in [4.78, 5) is 39.1. The van der Waals surface area contributed by atoms with Crippen molar-refractivity contribution in [3.63, 3.8) is 0 Å². The van der Waals surface area contributed by atoms with Crippen LogP contribution in [0.2, 0.25) is 0 Å². The van der Waals surface area contributed by atoms with E-state index in [-0.39, 0.29) is 31.1 Å². The highest BCUT2D eigenvalue weighted by atomic mass is 16.7. The summed E-state index contributed by atoms with van der Waals surface area (Å²) in [5.74, 6) is 0.0421. The standard InChI is InChI=1S/C23H17N3O5/c27-20-12-26(18-6-2-1-5-17(18)25-20)23(29)14-8-10-15(11-9-14)24-22(28)16-4-3-7-19-21(16)31-13-30-19/h1-11H,12-13H2,(H,24,28)(H,25,27). The number of amides is 3. The van der Waals surface area contributed by atoms with E-state index in [0.717, 1.165) is 0 Å². The highest BCUT2D eigenvalue weighted by Crippen LogP contribution is 2.35. The predicted molar refractivity (Wildman–Crippen MR) is 114 cm³/mol. The Morgan fingerprint density at radius 2 is 1.74 bits per heavy atom. The lowest BCUT2D eigenvalue weighted by atomic mass is 10.1. The van der Waals surface area contributed by atoms with Gasteiger partial charge in [0.15, 0.2) is 11.5 Å². The Balaban J connectivity index is 1.34. The van der Waals surface area contributed by atoms with Crippen molar-refractivity contribution in [3.8, 4) is 11.5 Å². The van der Waals surface area contributed by atoms with E-state index < -0.39 is 0 Å². The Hall–Kier alpha value is -4.33. The fraction of sp³-hybridized carbons (Fsp3) is 0.0870. The first-order chi connectivity index (χ1) is 15.1. The second kappa shape index (κ2) is 7.49. The number of nitrogens with zero attached hydrogens (tertiary/aromatic N) is 1. The first-order valence-electron chi connectivity index (χ1n) is 9.61. The van der Waals surface area contributed by atoms with Gasteiger partial charge in [-0.2, -0.15) is 0 Å². The number of anilines is 3. The zero-order chi connectivity index (χ0) is 21.4. The third kappa shape index (κ3) is 3.44. The van der Waals surface area contributed by atoms with Crippen molar-refractivity contribution >= 4 is 34.8 Å². The van der Waals surface area contributed by atoms with Crippen molar-refractivity contribution in [1.29, 1.82) is 0 Å². The molecule has 2 heterocycles. The van der Waals surface area contributed by atoms with Gasteiger partial charge in [0.25, 0.3) is 11.8 Å². The molecule has 31 heavy (non-hydrogen) atoms. The molecule has 0 radical (unpaired) electrons. The Morgan fingerprint density at radius 3 is 2.58 bits per heavy atom.